The van der Waals surface area contributed by atoms with Crippen molar-refractivity contribution < 1.29 is 23.1 Å². The standard InChI is InChI=1S/C20H16F3N5O2/c1-10-7-15-26-11(2)16-17(29)14(9-24-18(16)28(15)27-10)19(30)25-8-12-3-5-13(6-4-12)20(21,22)23/h3-7,9H,8H2,1-2H3,(H,24,29)(H,25,30). The number of nitrogens with zero attached hydrogens (tertiary/aromatic N) is 4. The van der Waals surface area contributed by atoms with E-state index in [1.807, 2.05) is 0 Å². The Bertz CT molecular complexity index is 1280. The first kappa shape index (κ1) is 19.6. The van der Waals surface area contributed by atoms with Gasteiger partial charge in [-0.15, -0.1) is 0 Å². The Hall–Kier alpha value is -3.69. The number of pyridine rings is 1. The van der Waals surface area contributed by atoms with E-state index in [9.17, 15) is 23.1 Å². The summed E-state index contributed by atoms with van der Waals surface area (Å²) < 4.78 is 39.4. The summed E-state index contributed by atoms with van der Waals surface area (Å²) in [5.74, 6) is -0.900. The Balaban J connectivity index is 1.61. The van der Waals surface area contributed by atoms with E-state index in [0.717, 1.165) is 17.8 Å². The van der Waals surface area contributed by atoms with Crippen LogP contribution in [0.5, 0.6) is 5.75 Å². The molecule has 2 N–H and O–H groups in total. The summed E-state index contributed by atoms with van der Waals surface area (Å²) in [7, 11) is 0. The van der Waals surface area contributed by atoms with Gasteiger partial charge in [0.15, 0.2) is 11.3 Å². The minimum Gasteiger partial charge on any atom is -0.506 e. The van der Waals surface area contributed by atoms with Crippen molar-refractivity contribution in [2.75, 3.05) is 0 Å². The maximum Gasteiger partial charge on any atom is 0.416 e. The number of benzene rings is 1. The van der Waals surface area contributed by atoms with Crippen LogP contribution in [0.15, 0.2) is 36.5 Å². The molecule has 10 heteroatoms. The summed E-state index contributed by atoms with van der Waals surface area (Å²) in [5.41, 5.74) is 1.80. The number of rotatable bonds is 3. The van der Waals surface area contributed by atoms with Gasteiger partial charge in [0, 0.05) is 18.8 Å². The number of halogens is 3. The number of alkyl halides is 3. The van der Waals surface area contributed by atoms with Gasteiger partial charge in [0.25, 0.3) is 5.91 Å². The largest absolute Gasteiger partial charge is 0.506 e. The zero-order chi connectivity index (χ0) is 21.6. The molecular weight excluding hydrogens is 399 g/mol. The molecule has 0 aliphatic heterocycles. The Morgan fingerprint density at radius 1 is 1.20 bits per heavy atom. The lowest BCUT2D eigenvalue weighted by Gasteiger charge is -2.11. The van der Waals surface area contributed by atoms with E-state index >= 15 is 0 Å². The molecule has 0 fully saturated rings. The zero-order valence-corrected chi connectivity index (χ0v) is 15.9. The number of hydrogen-bond donors (Lipinski definition) is 2. The molecule has 0 aliphatic carbocycles. The first-order valence-electron chi connectivity index (χ1n) is 8.94. The summed E-state index contributed by atoms with van der Waals surface area (Å²) in [6, 6.07) is 6.24. The number of aromatic hydroxyl groups is 1. The Morgan fingerprint density at radius 3 is 2.57 bits per heavy atom. The molecule has 1 aromatic carbocycles. The summed E-state index contributed by atoms with van der Waals surface area (Å²) >= 11 is 0. The van der Waals surface area contributed by atoms with Crippen LogP contribution in [0.1, 0.15) is 32.9 Å². The van der Waals surface area contributed by atoms with E-state index in [1.54, 1.807) is 19.9 Å². The van der Waals surface area contributed by atoms with Crippen LogP contribution < -0.4 is 5.32 Å². The second-order valence-corrected chi connectivity index (χ2v) is 6.85. The first-order chi connectivity index (χ1) is 14.1. The molecule has 4 aromatic rings. The SMILES string of the molecule is Cc1cc2nc(C)c3c(O)c(C(=O)NCc4ccc(C(F)(F)F)cc4)cnc3n2n1. The highest BCUT2D eigenvalue weighted by molar-refractivity contribution is 6.02. The van der Waals surface area contributed by atoms with Crippen molar-refractivity contribution >= 4 is 22.6 Å². The molecule has 1 amide bonds. The van der Waals surface area contributed by atoms with Gasteiger partial charge in [-0.3, -0.25) is 4.79 Å². The Kier molecular flexibility index (Phi) is 4.56. The van der Waals surface area contributed by atoms with Gasteiger partial charge < -0.3 is 10.4 Å². The second-order valence-electron chi connectivity index (χ2n) is 6.85. The molecular formula is C20H16F3N5O2. The maximum absolute atomic E-state index is 12.6. The monoisotopic (exact) mass is 415 g/mol. The van der Waals surface area contributed by atoms with Crippen molar-refractivity contribution in [1.29, 1.82) is 0 Å². The van der Waals surface area contributed by atoms with E-state index in [4.69, 9.17) is 0 Å². The number of carbonyl (C=O) groups excluding carboxylic acids is 1. The van der Waals surface area contributed by atoms with Crippen LogP contribution in [0.3, 0.4) is 0 Å². The van der Waals surface area contributed by atoms with Crippen molar-refractivity contribution in [3.63, 3.8) is 0 Å². The predicted molar refractivity (Wildman–Crippen MR) is 102 cm³/mol. The predicted octanol–water partition coefficient (Wildman–Crippen LogP) is 3.55. The molecule has 0 aliphatic rings. The lowest BCUT2D eigenvalue weighted by Crippen LogP contribution is -2.23. The molecule has 0 radical (unpaired) electrons. The average Bonchev–Trinajstić information content (AvgIpc) is 3.06. The highest BCUT2D eigenvalue weighted by Gasteiger charge is 2.30. The van der Waals surface area contributed by atoms with Crippen LogP contribution in [0.25, 0.3) is 16.7 Å². The lowest BCUT2D eigenvalue weighted by atomic mass is 10.1. The molecule has 0 bridgehead atoms. The minimum absolute atomic E-state index is 0.0108. The second kappa shape index (κ2) is 6.97. The average molecular weight is 415 g/mol. The van der Waals surface area contributed by atoms with Crippen LogP contribution in [0.4, 0.5) is 13.2 Å². The Labute approximate surface area is 168 Å². The van der Waals surface area contributed by atoms with E-state index in [-0.39, 0.29) is 17.9 Å². The molecule has 4 rings (SSSR count). The van der Waals surface area contributed by atoms with Gasteiger partial charge in [-0.05, 0) is 31.5 Å². The van der Waals surface area contributed by atoms with Gasteiger partial charge in [-0.2, -0.15) is 22.8 Å². The molecule has 3 heterocycles. The molecule has 0 atom stereocenters. The minimum atomic E-state index is -4.42. The highest BCUT2D eigenvalue weighted by atomic mass is 19.4. The van der Waals surface area contributed by atoms with Gasteiger partial charge in [0.05, 0.1) is 22.3 Å². The van der Waals surface area contributed by atoms with E-state index < -0.39 is 17.6 Å². The molecule has 30 heavy (non-hydrogen) atoms. The molecule has 0 saturated carbocycles. The third-order valence-electron chi connectivity index (χ3n) is 4.67. The van der Waals surface area contributed by atoms with Gasteiger partial charge in [0.1, 0.15) is 11.3 Å². The van der Waals surface area contributed by atoms with Crippen molar-refractivity contribution in [2.45, 2.75) is 26.6 Å². The number of hydrogen-bond acceptors (Lipinski definition) is 5. The fourth-order valence-electron chi connectivity index (χ4n) is 3.19. The smallest absolute Gasteiger partial charge is 0.416 e. The summed E-state index contributed by atoms with van der Waals surface area (Å²) in [6.07, 6.45) is -3.19. The van der Waals surface area contributed by atoms with Gasteiger partial charge in [-0.25, -0.2) is 9.97 Å². The molecule has 0 saturated heterocycles. The van der Waals surface area contributed by atoms with E-state index in [2.05, 4.69) is 20.4 Å². The number of amides is 1. The van der Waals surface area contributed by atoms with Crippen LogP contribution >= 0.6 is 0 Å². The lowest BCUT2D eigenvalue weighted by molar-refractivity contribution is -0.137. The van der Waals surface area contributed by atoms with Crippen LogP contribution in [-0.2, 0) is 12.7 Å². The van der Waals surface area contributed by atoms with Crippen molar-refractivity contribution in [2.24, 2.45) is 0 Å². The molecule has 7 nitrogen and oxygen atoms in total. The molecule has 154 valence electrons. The number of fused-ring (bicyclic) bond motifs is 3. The molecule has 0 unspecified atom stereocenters. The Morgan fingerprint density at radius 2 is 1.90 bits per heavy atom. The third-order valence-corrected chi connectivity index (χ3v) is 4.67. The number of carbonyl (C=O) groups is 1. The van der Waals surface area contributed by atoms with Crippen molar-refractivity contribution in [3.8, 4) is 5.75 Å². The van der Waals surface area contributed by atoms with Gasteiger partial charge >= 0.3 is 6.18 Å². The summed E-state index contributed by atoms with van der Waals surface area (Å²) in [5, 5.41) is 17.9. The van der Waals surface area contributed by atoms with Crippen LogP contribution in [0, 0.1) is 13.8 Å². The third kappa shape index (κ3) is 3.40. The van der Waals surface area contributed by atoms with Crippen LogP contribution in [-0.4, -0.2) is 30.6 Å². The fraction of sp³-hybridized carbons (Fsp3) is 0.200. The van der Waals surface area contributed by atoms with E-state index in [1.165, 1.54) is 22.8 Å². The highest BCUT2D eigenvalue weighted by Crippen LogP contribution is 2.30. The normalized spacial score (nSPS) is 11.9. The number of nitrogens with one attached hydrogen (secondary N) is 1. The van der Waals surface area contributed by atoms with Crippen molar-refractivity contribution in [3.05, 3.63) is 64.6 Å². The topological polar surface area (TPSA) is 92.4 Å². The quantitative estimate of drug-likeness (QED) is 0.534. The fourth-order valence-corrected chi connectivity index (χ4v) is 3.19. The van der Waals surface area contributed by atoms with Crippen LogP contribution in [0.2, 0.25) is 0 Å². The van der Waals surface area contributed by atoms with Gasteiger partial charge in [-0.1, -0.05) is 12.1 Å². The first-order valence-corrected chi connectivity index (χ1v) is 8.94. The van der Waals surface area contributed by atoms with E-state index in [0.29, 0.717) is 27.9 Å². The molecule has 0 spiro atoms. The summed E-state index contributed by atoms with van der Waals surface area (Å²) in [6.45, 7) is 3.48. The van der Waals surface area contributed by atoms with Gasteiger partial charge in [0.2, 0.25) is 0 Å². The molecule has 3 aromatic heterocycles. The maximum atomic E-state index is 12.6. The summed E-state index contributed by atoms with van der Waals surface area (Å²) in [4.78, 5) is 21.2. The zero-order valence-electron chi connectivity index (χ0n) is 15.9. The number of aromatic nitrogens is 4. The number of aryl methyl sites for hydroxylation is 2. The van der Waals surface area contributed by atoms with Crippen molar-refractivity contribution in [1.82, 2.24) is 24.9 Å².